The highest BCUT2D eigenvalue weighted by Crippen LogP contribution is 2.02. The molecule has 8 heteroatoms. The van der Waals surface area contributed by atoms with Crippen molar-refractivity contribution in [1.82, 2.24) is 15.6 Å². The minimum Gasteiger partial charge on any atom is -0.409 e. The predicted molar refractivity (Wildman–Crippen MR) is 77.9 cm³/mol. The van der Waals surface area contributed by atoms with Gasteiger partial charge >= 0.3 is 0 Å². The number of methoxy groups -OCH3 is 1. The molecule has 0 radical (unpaired) electrons. The Hall–Kier alpha value is -2.19. The van der Waals surface area contributed by atoms with E-state index in [1.54, 1.807) is 32.4 Å². The van der Waals surface area contributed by atoms with E-state index in [1.165, 1.54) is 0 Å². The van der Waals surface area contributed by atoms with E-state index < -0.39 is 0 Å². The van der Waals surface area contributed by atoms with Crippen LogP contribution in [0.5, 0.6) is 0 Å². The first-order chi connectivity index (χ1) is 10.1. The van der Waals surface area contributed by atoms with E-state index in [9.17, 15) is 4.79 Å². The lowest BCUT2D eigenvalue weighted by molar-refractivity contribution is -0.122. The van der Waals surface area contributed by atoms with Crippen LogP contribution in [0.2, 0.25) is 0 Å². The third-order valence-electron chi connectivity index (χ3n) is 2.81. The lowest BCUT2D eigenvalue weighted by Gasteiger charge is -2.14. The Labute approximate surface area is 123 Å². The standard InChI is InChI=1S/C13H21N5O3/c1-9(13(19)16-5-6-21-2)17-8-10-3-4-15-11(7-10)12(14)18-20/h3-4,7,9,17,20H,5-6,8H2,1-2H3,(H2,14,18)(H,16,19). The number of hydrogen-bond acceptors (Lipinski definition) is 6. The second kappa shape index (κ2) is 8.88. The highest BCUT2D eigenvalue weighted by Gasteiger charge is 2.11. The molecule has 1 atom stereocenters. The molecule has 1 amide bonds. The predicted octanol–water partition coefficient (Wildman–Crippen LogP) is -0.583. The number of nitrogens with two attached hydrogens (primary N) is 1. The van der Waals surface area contributed by atoms with Crippen molar-refractivity contribution in [2.75, 3.05) is 20.3 Å². The average molecular weight is 295 g/mol. The molecule has 116 valence electrons. The normalized spacial score (nSPS) is 13.0. The monoisotopic (exact) mass is 295 g/mol. The quantitative estimate of drug-likeness (QED) is 0.167. The van der Waals surface area contributed by atoms with E-state index in [0.29, 0.717) is 25.4 Å². The molecule has 8 nitrogen and oxygen atoms in total. The lowest BCUT2D eigenvalue weighted by atomic mass is 10.2. The van der Waals surface area contributed by atoms with Crippen LogP contribution in [0.4, 0.5) is 0 Å². The Balaban J connectivity index is 2.49. The molecule has 0 aliphatic rings. The van der Waals surface area contributed by atoms with E-state index in [-0.39, 0.29) is 17.8 Å². The van der Waals surface area contributed by atoms with Crippen LogP contribution in [0.25, 0.3) is 0 Å². The molecular weight excluding hydrogens is 274 g/mol. The summed E-state index contributed by atoms with van der Waals surface area (Å²) in [5, 5.41) is 17.4. The van der Waals surface area contributed by atoms with Gasteiger partial charge in [0.25, 0.3) is 0 Å². The van der Waals surface area contributed by atoms with Crippen molar-refractivity contribution < 1.29 is 14.7 Å². The third kappa shape index (κ3) is 5.76. The van der Waals surface area contributed by atoms with Crippen LogP contribution in [0, 0.1) is 0 Å². The topological polar surface area (TPSA) is 122 Å². The Morgan fingerprint density at radius 2 is 2.38 bits per heavy atom. The number of amidine groups is 1. The van der Waals surface area contributed by atoms with Crippen molar-refractivity contribution in [3.63, 3.8) is 0 Å². The Morgan fingerprint density at radius 3 is 3.05 bits per heavy atom. The molecule has 1 heterocycles. The van der Waals surface area contributed by atoms with Gasteiger partial charge < -0.3 is 26.3 Å². The number of oxime groups is 1. The van der Waals surface area contributed by atoms with Crippen molar-refractivity contribution in [1.29, 1.82) is 0 Å². The maximum atomic E-state index is 11.7. The van der Waals surface area contributed by atoms with Gasteiger partial charge in [-0.1, -0.05) is 5.16 Å². The van der Waals surface area contributed by atoms with Crippen molar-refractivity contribution in [3.8, 4) is 0 Å². The molecule has 0 aromatic carbocycles. The van der Waals surface area contributed by atoms with Crippen molar-refractivity contribution in [2.24, 2.45) is 10.9 Å². The minimum atomic E-state index is -0.345. The van der Waals surface area contributed by atoms with E-state index in [1.807, 2.05) is 0 Å². The molecule has 0 aliphatic carbocycles. The summed E-state index contributed by atoms with van der Waals surface area (Å²) in [6.07, 6.45) is 1.56. The van der Waals surface area contributed by atoms with E-state index in [4.69, 9.17) is 15.7 Å². The van der Waals surface area contributed by atoms with Gasteiger partial charge in [0.2, 0.25) is 5.91 Å². The van der Waals surface area contributed by atoms with Gasteiger partial charge in [0.05, 0.1) is 12.6 Å². The highest BCUT2D eigenvalue weighted by molar-refractivity contribution is 5.95. The number of rotatable bonds is 8. The van der Waals surface area contributed by atoms with Gasteiger partial charge in [-0.05, 0) is 24.6 Å². The number of nitrogens with zero attached hydrogens (tertiary/aromatic N) is 2. The molecule has 1 rings (SSSR count). The van der Waals surface area contributed by atoms with E-state index in [0.717, 1.165) is 5.56 Å². The largest absolute Gasteiger partial charge is 0.409 e. The zero-order valence-corrected chi connectivity index (χ0v) is 12.2. The summed E-state index contributed by atoms with van der Waals surface area (Å²) in [5.41, 5.74) is 6.74. The number of aromatic nitrogens is 1. The molecule has 1 aromatic rings. The van der Waals surface area contributed by atoms with Gasteiger partial charge in [-0.15, -0.1) is 0 Å². The van der Waals surface area contributed by atoms with Crippen molar-refractivity contribution in [3.05, 3.63) is 29.6 Å². The SMILES string of the molecule is COCCNC(=O)C(C)NCc1ccnc(/C(N)=N/O)c1. The molecule has 5 N–H and O–H groups in total. The zero-order chi connectivity index (χ0) is 15.7. The summed E-state index contributed by atoms with van der Waals surface area (Å²) >= 11 is 0. The number of ether oxygens (including phenoxy) is 1. The van der Waals surface area contributed by atoms with Gasteiger partial charge in [0.1, 0.15) is 5.69 Å². The molecule has 0 saturated heterocycles. The molecular formula is C13H21N5O3. The summed E-state index contributed by atoms with van der Waals surface area (Å²) in [7, 11) is 1.58. The maximum absolute atomic E-state index is 11.7. The lowest BCUT2D eigenvalue weighted by Crippen LogP contribution is -2.42. The molecule has 0 aliphatic heterocycles. The second-order valence-corrected chi connectivity index (χ2v) is 4.42. The molecule has 1 unspecified atom stereocenters. The van der Waals surface area contributed by atoms with Crippen LogP contribution in [0.1, 0.15) is 18.2 Å². The zero-order valence-electron chi connectivity index (χ0n) is 12.2. The molecule has 0 bridgehead atoms. The number of carbonyl (C=O) groups excluding carboxylic acids is 1. The van der Waals surface area contributed by atoms with Crippen LogP contribution in [-0.2, 0) is 16.1 Å². The third-order valence-corrected chi connectivity index (χ3v) is 2.81. The van der Waals surface area contributed by atoms with Crippen molar-refractivity contribution >= 4 is 11.7 Å². The minimum absolute atomic E-state index is 0.0535. The fraction of sp³-hybridized carbons (Fsp3) is 0.462. The molecule has 21 heavy (non-hydrogen) atoms. The van der Waals surface area contributed by atoms with Gasteiger partial charge in [-0.2, -0.15) is 0 Å². The van der Waals surface area contributed by atoms with Crippen LogP contribution in [-0.4, -0.2) is 48.2 Å². The first-order valence-electron chi connectivity index (χ1n) is 6.51. The summed E-state index contributed by atoms with van der Waals surface area (Å²) < 4.78 is 4.86. The average Bonchev–Trinajstić information content (AvgIpc) is 2.52. The number of hydrogen-bond donors (Lipinski definition) is 4. The van der Waals surface area contributed by atoms with E-state index >= 15 is 0 Å². The van der Waals surface area contributed by atoms with Gasteiger partial charge in [-0.3, -0.25) is 9.78 Å². The highest BCUT2D eigenvalue weighted by atomic mass is 16.5. The molecule has 0 fully saturated rings. The van der Waals surface area contributed by atoms with E-state index in [2.05, 4.69) is 20.8 Å². The second-order valence-electron chi connectivity index (χ2n) is 4.42. The molecule has 1 aromatic heterocycles. The number of carbonyl (C=O) groups is 1. The number of pyridine rings is 1. The Kier molecular flexibility index (Phi) is 7.13. The molecule has 0 spiro atoms. The van der Waals surface area contributed by atoms with Crippen LogP contribution < -0.4 is 16.4 Å². The summed E-state index contributed by atoms with van der Waals surface area (Å²) in [6, 6.07) is 3.14. The van der Waals surface area contributed by atoms with Crippen LogP contribution >= 0.6 is 0 Å². The van der Waals surface area contributed by atoms with Gasteiger partial charge in [0, 0.05) is 26.4 Å². The summed E-state index contributed by atoms with van der Waals surface area (Å²) in [6.45, 7) is 3.19. The first-order valence-corrected chi connectivity index (χ1v) is 6.51. The van der Waals surface area contributed by atoms with Gasteiger partial charge in [-0.25, -0.2) is 0 Å². The van der Waals surface area contributed by atoms with Crippen LogP contribution in [0.15, 0.2) is 23.5 Å². The van der Waals surface area contributed by atoms with Crippen molar-refractivity contribution in [2.45, 2.75) is 19.5 Å². The smallest absolute Gasteiger partial charge is 0.236 e. The number of amides is 1. The van der Waals surface area contributed by atoms with Gasteiger partial charge in [0.15, 0.2) is 5.84 Å². The molecule has 0 saturated carbocycles. The fourth-order valence-corrected chi connectivity index (χ4v) is 1.57. The summed E-state index contributed by atoms with van der Waals surface area (Å²) in [5.74, 6) is -0.153. The first kappa shape index (κ1) is 16.9. The number of nitrogens with one attached hydrogen (secondary N) is 2. The summed E-state index contributed by atoms with van der Waals surface area (Å²) in [4.78, 5) is 15.7. The van der Waals surface area contributed by atoms with Crippen LogP contribution in [0.3, 0.4) is 0 Å². The fourth-order valence-electron chi connectivity index (χ4n) is 1.57. The Morgan fingerprint density at radius 1 is 1.62 bits per heavy atom. The Bertz CT molecular complexity index is 492. The maximum Gasteiger partial charge on any atom is 0.236 e.